The van der Waals surface area contributed by atoms with Gasteiger partial charge in [0.25, 0.3) is 0 Å². The van der Waals surface area contributed by atoms with Crippen molar-refractivity contribution < 1.29 is 0 Å². The van der Waals surface area contributed by atoms with E-state index < -0.39 is 0 Å². The summed E-state index contributed by atoms with van der Waals surface area (Å²) < 4.78 is 0. The molecule has 0 radical (unpaired) electrons. The maximum absolute atomic E-state index is 8.94. The molecule has 11 heavy (non-hydrogen) atoms. The molecule has 0 aromatic rings. The Morgan fingerprint density at radius 1 is 1.27 bits per heavy atom. The SMILES string of the molecule is N#CC(C1CC1)C1CCSC1. The van der Waals surface area contributed by atoms with Crippen LogP contribution in [0.1, 0.15) is 19.3 Å². The first-order chi connectivity index (χ1) is 5.42. The van der Waals surface area contributed by atoms with Crippen molar-refractivity contribution in [3.8, 4) is 6.07 Å². The second kappa shape index (κ2) is 3.06. The second-order valence-corrected chi connectivity index (χ2v) is 4.77. The highest BCUT2D eigenvalue weighted by Gasteiger charge is 2.37. The number of rotatable bonds is 2. The van der Waals surface area contributed by atoms with Gasteiger partial charge in [0.05, 0.1) is 12.0 Å². The van der Waals surface area contributed by atoms with Gasteiger partial charge >= 0.3 is 0 Å². The number of hydrogen-bond acceptors (Lipinski definition) is 2. The van der Waals surface area contributed by atoms with Crippen LogP contribution in [0.2, 0.25) is 0 Å². The predicted octanol–water partition coefficient (Wildman–Crippen LogP) is 2.29. The Hall–Kier alpha value is -0.160. The molecule has 1 aliphatic heterocycles. The second-order valence-electron chi connectivity index (χ2n) is 3.62. The molecule has 2 aliphatic rings. The normalized spacial score (nSPS) is 33.2. The van der Waals surface area contributed by atoms with E-state index in [0.29, 0.717) is 5.92 Å². The van der Waals surface area contributed by atoms with Crippen molar-refractivity contribution in [1.82, 2.24) is 0 Å². The van der Waals surface area contributed by atoms with Gasteiger partial charge in [0.1, 0.15) is 0 Å². The zero-order valence-corrected chi connectivity index (χ0v) is 7.44. The van der Waals surface area contributed by atoms with Crippen molar-refractivity contribution in [2.24, 2.45) is 17.8 Å². The van der Waals surface area contributed by atoms with Crippen LogP contribution < -0.4 is 0 Å². The fraction of sp³-hybridized carbons (Fsp3) is 0.889. The summed E-state index contributed by atoms with van der Waals surface area (Å²) in [6.07, 6.45) is 3.93. The molecule has 0 bridgehead atoms. The van der Waals surface area contributed by atoms with Crippen LogP contribution in [0.4, 0.5) is 0 Å². The van der Waals surface area contributed by atoms with Crippen molar-refractivity contribution in [2.75, 3.05) is 11.5 Å². The van der Waals surface area contributed by atoms with Gasteiger partial charge in [0.2, 0.25) is 0 Å². The van der Waals surface area contributed by atoms with E-state index >= 15 is 0 Å². The number of hydrogen-bond donors (Lipinski definition) is 0. The van der Waals surface area contributed by atoms with Gasteiger partial charge in [-0.05, 0) is 42.6 Å². The molecule has 0 N–H and O–H groups in total. The van der Waals surface area contributed by atoms with Gasteiger partial charge in [-0.2, -0.15) is 17.0 Å². The quantitative estimate of drug-likeness (QED) is 0.630. The molecule has 2 unspecified atom stereocenters. The Morgan fingerprint density at radius 2 is 2.09 bits per heavy atom. The Morgan fingerprint density at radius 3 is 2.55 bits per heavy atom. The lowest BCUT2D eigenvalue weighted by Gasteiger charge is -2.13. The molecular weight excluding hydrogens is 154 g/mol. The summed E-state index contributed by atoms with van der Waals surface area (Å²) in [4.78, 5) is 0. The summed E-state index contributed by atoms with van der Waals surface area (Å²) >= 11 is 2.02. The monoisotopic (exact) mass is 167 g/mol. The van der Waals surface area contributed by atoms with Gasteiger partial charge in [0, 0.05) is 0 Å². The van der Waals surface area contributed by atoms with Gasteiger partial charge in [-0.25, -0.2) is 0 Å². The zero-order valence-electron chi connectivity index (χ0n) is 6.62. The minimum absolute atomic E-state index is 0.407. The fourth-order valence-corrected chi connectivity index (χ4v) is 3.20. The third kappa shape index (κ3) is 1.54. The summed E-state index contributed by atoms with van der Waals surface area (Å²) in [7, 11) is 0. The topological polar surface area (TPSA) is 23.8 Å². The number of thioether (sulfide) groups is 1. The summed E-state index contributed by atoms with van der Waals surface area (Å²) in [5.74, 6) is 4.45. The Labute approximate surface area is 72.2 Å². The molecule has 1 saturated heterocycles. The highest BCUT2D eigenvalue weighted by atomic mass is 32.2. The van der Waals surface area contributed by atoms with Crippen LogP contribution in [0.15, 0.2) is 0 Å². The van der Waals surface area contributed by atoms with Gasteiger partial charge in [-0.15, -0.1) is 0 Å². The number of nitrogens with zero attached hydrogens (tertiary/aromatic N) is 1. The third-order valence-corrected chi connectivity index (χ3v) is 3.94. The minimum atomic E-state index is 0.407. The molecule has 1 saturated carbocycles. The molecule has 2 heteroatoms. The third-order valence-electron chi connectivity index (χ3n) is 2.75. The summed E-state index contributed by atoms with van der Waals surface area (Å²) in [6, 6.07) is 2.49. The average Bonchev–Trinajstić information content (AvgIpc) is 2.68. The molecule has 1 nitrogen and oxygen atoms in total. The van der Waals surface area contributed by atoms with Crippen molar-refractivity contribution in [3.63, 3.8) is 0 Å². The molecule has 2 fully saturated rings. The molecule has 0 aromatic carbocycles. The minimum Gasteiger partial charge on any atom is -0.198 e. The Balaban J connectivity index is 1.94. The van der Waals surface area contributed by atoms with Gasteiger partial charge in [-0.1, -0.05) is 0 Å². The van der Waals surface area contributed by atoms with Crippen LogP contribution >= 0.6 is 11.8 Å². The van der Waals surface area contributed by atoms with E-state index in [-0.39, 0.29) is 0 Å². The molecule has 1 aliphatic carbocycles. The maximum Gasteiger partial charge on any atom is 0.0661 e. The Bertz CT molecular complexity index is 174. The first-order valence-electron chi connectivity index (χ1n) is 4.39. The predicted molar refractivity (Wildman–Crippen MR) is 47.3 cm³/mol. The zero-order chi connectivity index (χ0) is 7.68. The lowest BCUT2D eigenvalue weighted by molar-refractivity contribution is 0.404. The van der Waals surface area contributed by atoms with Gasteiger partial charge < -0.3 is 0 Å². The fourth-order valence-electron chi connectivity index (χ4n) is 1.89. The van der Waals surface area contributed by atoms with E-state index in [1.54, 1.807) is 0 Å². The highest BCUT2D eigenvalue weighted by Crippen LogP contribution is 2.44. The van der Waals surface area contributed by atoms with E-state index in [1.807, 2.05) is 11.8 Å². The lowest BCUT2D eigenvalue weighted by atomic mass is 9.89. The molecular formula is C9H13NS. The van der Waals surface area contributed by atoms with Gasteiger partial charge in [-0.3, -0.25) is 0 Å². The first-order valence-corrected chi connectivity index (χ1v) is 5.54. The smallest absolute Gasteiger partial charge is 0.0661 e. The molecule has 0 amide bonds. The van der Waals surface area contributed by atoms with Crippen LogP contribution in [-0.4, -0.2) is 11.5 Å². The van der Waals surface area contributed by atoms with E-state index in [0.717, 1.165) is 11.8 Å². The molecule has 2 atom stereocenters. The first kappa shape index (κ1) is 7.49. The lowest BCUT2D eigenvalue weighted by Crippen LogP contribution is -2.14. The van der Waals surface area contributed by atoms with Crippen molar-refractivity contribution in [3.05, 3.63) is 0 Å². The molecule has 0 spiro atoms. The van der Waals surface area contributed by atoms with E-state index in [4.69, 9.17) is 5.26 Å². The standard InChI is InChI=1S/C9H13NS/c10-5-9(7-1-2-7)8-3-4-11-6-8/h7-9H,1-4,6H2. The summed E-state index contributed by atoms with van der Waals surface area (Å²) in [5.41, 5.74) is 0. The summed E-state index contributed by atoms with van der Waals surface area (Å²) in [6.45, 7) is 0. The average molecular weight is 167 g/mol. The molecule has 1 heterocycles. The summed E-state index contributed by atoms with van der Waals surface area (Å²) in [5, 5.41) is 8.94. The largest absolute Gasteiger partial charge is 0.198 e. The van der Waals surface area contributed by atoms with E-state index in [1.165, 1.54) is 30.8 Å². The maximum atomic E-state index is 8.94. The van der Waals surface area contributed by atoms with Crippen LogP contribution in [0, 0.1) is 29.1 Å². The van der Waals surface area contributed by atoms with Crippen LogP contribution in [-0.2, 0) is 0 Å². The van der Waals surface area contributed by atoms with Crippen LogP contribution in [0.25, 0.3) is 0 Å². The van der Waals surface area contributed by atoms with Crippen molar-refractivity contribution in [2.45, 2.75) is 19.3 Å². The van der Waals surface area contributed by atoms with Crippen molar-refractivity contribution in [1.29, 1.82) is 5.26 Å². The molecule has 0 aromatic heterocycles. The Kier molecular flexibility index (Phi) is 2.09. The number of nitriles is 1. The van der Waals surface area contributed by atoms with Crippen molar-refractivity contribution >= 4 is 11.8 Å². The molecule has 60 valence electrons. The van der Waals surface area contributed by atoms with Crippen LogP contribution in [0.3, 0.4) is 0 Å². The van der Waals surface area contributed by atoms with Crippen LogP contribution in [0.5, 0.6) is 0 Å². The molecule has 2 rings (SSSR count). The van der Waals surface area contributed by atoms with E-state index in [9.17, 15) is 0 Å². The van der Waals surface area contributed by atoms with Gasteiger partial charge in [0.15, 0.2) is 0 Å². The highest BCUT2D eigenvalue weighted by molar-refractivity contribution is 7.99. The van der Waals surface area contributed by atoms with E-state index in [2.05, 4.69) is 6.07 Å².